The molecule has 0 aliphatic carbocycles. The highest BCUT2D eigenvalue weighted by atomic mass is 35.5. The lowest BCUT2D eigenvalue weighted by molar-refractivity contribution is -0.138. The molecule has 0 aromatic carbocycles. The van der Waals surface area contributed by atoms with Crippen molar-refractivity contribution in [2.45, 2.75) is 45.4 Å². The van der Waals surface area contributed by atoms with Crippen molar-refractivity contribution < 1.29 is 9.90 Å². The van der Waals surface area contributed by atoms with Gasteiger partial charge >= 0.3 is 5.97 Å². The number of aromatic nitrogens is 3. The zero-order valence-electron chi connectivity index (χ0n) is 19.5. The standard InChI is InChI=1S/C24H29N5O2S.2ClH/c1-24(2,3)17-7-10-25-21(14-17)28-20-6-4-5-18(27-20)19-15-26-23(32-19)29-11-8-16(9-12-29)13-22(30)31;;/h4-7,10,14-16H,8-9,11-13H2,1-3H3,(H,30,31)(H,25,27,28);2*1H. The van der Waals surface area contributed by atoms with E-state index in [9.17, 15) is 4.79 Å². The van der Waals surface area contributed by atoms with Crippen molar-refractivity contribution in [2.75, 3.05) is 23.3 Å². The van der Waals surface area contributed by atoms with Crippen LogP contribution in [0.1, 0.15) is 45.6 Å². The van der Waals surface area contributed by atoms with E-state index in [1.807, 2.05) is 36.7 Å². The summed E-state index contributed by atoms with van der Waals surface area (Å²) in [6.45, 7) is 8.23. The second-order valence-electron chi connectivity index (χ2n) is 9.25. The van der Waals surface area contributed by atoms with Gasteiger partial charge in [0.1, 0.15) is 11.6 Å². The van der Waals surface area contributed by atoms with Crippen LogP contribution in [-0.4, -0.2) is 39.1 Å². The summed E-state index contributed by atoms with van der Waals surface area (Å²) in [6.07, 6.45) is 5.73. The van der Waals surface area contributed by atoms with Crippen LogP contribution in [0.15, 0.2) is 42.7 Å². The molecule has 3 aromatic rings. The first-order valence-corrected chi connectivity index (χ1v) is 11.7. The van der Waals surface area contributed by atoms with Gasteiger partial charge < -0.3 is 15.3 Å². The van der Waals surface area contributed by atoms with Gasteiger partial charge in [-0.15, -0.1) is 24.8 Å². The quantitative estimate of drug-likeness (QED) is 0.398. The van der Waals surface area contributed by atoms with Gasteiger partial charge in [-0.1, -0.05) is 38.2 Å². The second-order valence-corrected chi connectivity index (χ2v) is 10.3. The predicted molar refractivity (Wildman–Crippen MR) is 143 cm³/mol. The highest BCUT2D eigenvalue weighted by molar-refractivity contribution is 7.18. The highest BCUT2D eigenvalue weighted by Crippen LogP contribution is 2.33. The fourth-order valence-corrected chi connectivity index (χ4v) is 4.78. The summed E-state index contributed by atoms with van der Waals surface area (Å²) >= 11 is 1.62. The summed E-state index contributed by atoms with van der Waals surface area (Å²) in [7, 11) is 0. The minimum atomic E-state index is -0.708. The second kappa shape index (κ2) is 11.8. The zero-order valence-corrected chi connectivity index (χ0v) is 22.0. The number of hydrogen-bond acceptors (Lipinski definition) is 7. The predicted octanol–water partition coefficient (Wildman–Crippen LogP) is 6.18. The molecule has 34 heavy (non-hydrogen) atoms. The third-order valence-electron chi connectivity index (χ3n) is 5.73. The van der Waals surface area contributed by atoms with Gasteiger partial charge in [-0.3, -0.25) is 4.79 Å². The van der Waals surface area contributed by atoms with Gasteiger partial charge in [0.05, 0.1) is 10.6 Å². The molecule has 4 rings (SSSR count). The van der Waals surface area contributed by atoms with Gasteiger partial charge in [0.15, 0.2) is 5.13 Å². The highest BCUT2D eigenvalue weighted by Gasteiger charge is 2.23. The van der Waals surface area contributed by atoms with E-state index in [0.29, 0.717) is 0 Å². The summed E-state index contributed by atoms with van der Waals surface area (Å²) in [5.74, 6) is 1.07. The molecule has 184 valence electrons. The van der Waals surface area contributed by atoms with Crippen LogP contribution in [0.2, 0.25) is 0 Å². The van der Waals surface area contributed by atoms with Crippen LogP contribution in [0.5, 0.6) is 0 Å². The Labute approximate surface area is 216 Å². The van der Waals surface area contributed by atoms with Gasteiger partial charge in [0, 0.05) is 31.9 Å². The molecule has 7 nitrogen and oxygen atoms in total. The van der Waals surface area contributed by atoms with Crippen LogP contribution in [0, 0.1) is 5.92 Å². The lowest BCUT2D eigenvalue weighted by atomic mass is 9.88. The van der Waals surface area contributed by atoms with Gasteiger partial charge in [0.25, 0.3) is 0 Å². The Kier molecular flexibility index (Phi) is 9.67. The van der Waals surface area contributed by atoms with Crippen LogP contribution in [-0.2, 0) is 10.2 Å². The van der Waals surface area contributed by atoms with E-state index in [0.717, 1.165) is 53.3 Å². The molecule has 1 aliphatic heterocycles. The number of hydrogen-bond donors (Lipinski definition) is 2. The number of piperidine rings is 1. The molecule has 0 amide bonds. The molecule has 0 atom stereocenters. The van der Waals surface area contributed by atoms with E-state index in [2.05, 4.69) is 47.0 Å². The first-order valence-electron chi connectivity index (χ1n) is 10.9. The summed E-state index contributed by atoms with van der Waals surface area (Å²) in [5.41, 5.74) is 2.13. The number of pyridine rings is 2. The molecule has 4 heterocycles. The van der Waals surface area contributed by atoms with Crippen molar-refractivity contribution in [1.82, 2.24) is 15.0 Å². The average molecular weight is 525 g/mol. The molecule has 0 bridgehead atoms. The number of carbonyl (C=O) groups is 1. The first kappa shape index (κ1) is 27.8. The number of rotatable bonds is 6. The van der Waals surface area contributed by atoms with Crippen molar-refractivity contribution in [3.8, 4) is 10.6 Å². The maximum absolute atomic E-state index is 10.9. The smallest absolute Gasteiger partial charge is 0.303 e. The molecular weight excluding hydrogens is 493 g/mol. The van der Waals surface area contributed by atoms with Gasteiger partial charge in [-0.2, -0.15) is 0 Å². The molecule has 1 saturated heterocycles. The minimum absolute atomic E-state index is 0. The van der Waals surface area contributed by atoms with Crippen LogP contribution >= 0.6 is 36.2 Å². The topological polar surface area (TPSA) is 91.2 Å². The third-order valence-corrected chi connectivity index (χ3v) is 6.81. The van der Waals surface area contributed by atoms with Crippen molar-refractivity contribution in [3.05, 3.63) is 48.3 Å². The van der Waals surface area contributed by atoms with E-state index in [-0.39, 0.29) is 42.6 Å². The van der Waals surface area contributed by atoms with Crippen LogP contribution in [0.3, 0.4) is 0 Å². The van der Waals surface area contributed by atoms with Crippen LogP contribution in [0.4, 0.5) is 16.8 Å². The molecule has 1 aliphatic rings. The van der Waals surface area contributed by atoms with Gasteiger partial charge in [-0.25, -0.2) is 15.0 Å². The van der Waals surface area contributed by atoms with E-state index in [1.165, 1.54) is 5.56 Å². The fourth-order valence-electron chi connectivity index (χ4n) is 3.84. The van der Waals surface area contributed by atoms with Gasteiger partial charge in [0.2, 0.25) is 0 Å². The summed E-state index contributed by atoms with van der Waals surface area (Å²) in [6, 6.07) is 10.0. The van der Waals surface area contributed by atoms with Crippen molar-refractivity contribution >= 4 is 58.9 Å². The Morgan fingerprint density at radius 1 is 1.15 bits per heavy atom. The zero-order chi connectivity index (χ0) is 22.7. The molecule has 1 fully saturated rings. The maximum atomic E-state index is 10.9. The third kappa shape index (κ3) is 7.04. The molecule has 0 spiro atoms. The SMILES string of the molecule is CC(C)(C)c1ccnc(Nc2cccc(-c3cnc(N4CCC(CC(=O)O)CC4)s3)n2)c1.Cl.Cl. The van der Waals surface area contributed by atoms with E-state index in [4.69, 9.17) is 10.1 Å². The first-order chi connectivity index (χ1) is 15.3. The summed E-state index contributed by atoms with van der Waals surface area (Å²) < 4.78 is 0. The monoisotopic (exact) mass is 523 g/mol. The molecule has 10 heteroatoms. The number of halogens is 2. The fraction of sp³-hybridized carbons (Fsp3) is 0.417. The van der Waals surface area contributed by atoms with E-state index >= 15 is 0 Å². The summed E-state index contributed by atoms with van der Waals surface area (Å²) in [4.78, 5) is 28.0. The minimum Gasteiger partial charge on any atom is -0.481 e. The molecule has 2 N–H and O–H groups in total. The Bertz CT molecular complexity index is 1090. The Morgan fingerprint density at radius 2 is 1.88 bits per heavy atom. The van der Waals surface area contributed by atoms with Crippen molar-refractivity contribution in [1.29, 1.82) is 0 Å². The molecule has 0 saturated carbocycles. The van der Waals surface area contributed by atoms with Crippen molar-refractivity contribution in [2.24, 2.45) is 5.92 Å². The van der Waals surface area contributed by atoms with Crippen LogP contribution < -0.4 is 10.2 Å². The number of nitrogens with one attached hydrogen (secondary N) is 1. The number of anilines is 3. The van der Waals surface area contributed by atoms with E-state index < -0.39 is 5.97 Å². The lowest BCUT2D eigenvalue weighted by Gasteiger charge is -2.30. The molecular formula is C24H31Cl2N5O2S. The normalized spacial score (nSPS) is 14.1. The molecule has 3 aromatic heterocycles. The Balaban J connectivity index is 0.00000204. The Hall–Kier alpha value is -2.42. The number of carboxylic acids is 1. The number of carboxylic acid groups (broad SMARTS) is 1. The lowest BCUT2D eigenvalue weighted by Crippen LogP contribution is -2.34. The largest absolute Gasteiger partial charge is 0.481 e. The summed E-state index contributed by atoms with van der Waals surface area (Å²) in [5, 5.41) is 13.3. The van der Waals surface area contributed by atoms with Gasteiger partial charge in [-0.05, 0) is 54.0 Å². The van der Waals surface area contributed by atoms with Crippen molar-refractivity contribution in [3.63, 3.8) is 0 Å². The maximum Gasteiger partial charge on any atom is 0.303 e. The number of thiazole rings is 1. The number of nitrogens with zero attached hydrogens (tertiary/aromatic N) is 4. The van der Waals surface area contributed by atoms with Crippen LogP contribution in [0.25, 0.3) is 10.6 Å². The number of aliphatic carboxylic acids is 1. The average Bonchev–Trinajstić information content (AvgIpc) is 3.24. The molecule has 0 radical (unpaired) electrons. The van der Waals surface area contributed by atoms with E-state index in [1.54, 1.807) is 11.3 Å². The Morgan fingerprint density at radius 3 is 2.56 bits per heavy atom. The molecule has 0 unspecified atom stereocenters.